The van der Waals surface area contributed by atoms with E-state index in [4.69, 9.17) is 4.74 Å². The zero-order valence-electron chi connectivity index (χ0n) is 22.2. The minimum atomic E-state index is -4.20. The van der Waals surface area contributed by atoms with Gasteiger partial charge >= 0.3 is 11.0 Å². The van der Waals surface area contributed by atoms with Gasteiger partial charge in [0.05, 0.1) is 46.8 Å². The molecule has 4 heterocycles. The summed E-state index contributed by atoms with van der Waals surface area (Å²) in [4.78, 5) is 18.4. The number of nitrogens with zero attached hydrogens (tertiary/aromatic N) is 7. The lowest BCUT2D eigenvalue weighted by Crippen LogP contribution is -2.40. The molecule has 42 heavy (non-hydrogen) atoms. The molecule has 0 N–H and O–H groups in total. The number of hydrogen-bond donors (Lipinski definition) is 0. The topological polar surface area (TPSA) is 89.9 Å². The summed E-state index contributed by atoms with van der Waals surface area (Å²) in [7, 11) is 0. The van der Waals surface area contributed by atoms with E-state index in [1.807, 2.05) is 29.1 Å². The summed E-state index contributed by atoms with van der Waals surface area (Å²) in [5, 5.41) is 11.4. The molecule has 0 saturated carbocycles. The zero-order valence-corrected chi connectivity index (χ0v) is 23.0. The number of likely N-dealkylation sites (tertiary alicyclic amines) is 1. The summed E-state index contributed by atoms with van der Waals surface area (Å²) in [6.07, 6.45) is -0.705. The van der Waals surface area contributed by atoms with Crippen LogP contribution in [0.1, 0.15) is 30.1 Å². The molecule has 0 bridgehead atoms. The van der Waals surface area contributed by atoms with Gasteiger partial charge in [0.1, 0.15) is 0 Å². The van der Waals surface area contributed by atoms with Crippen LogP contribution >= 0.6 is 11.3 Å². The SMILES string of the molecule is C=N/N=C(\OCC(F)F)c1ccc(Cn2c(=O)sc3cc(-c4cnn(C5CCN(CC(F)(F)F)CC5)c4)ccc32)nc1. The highest BCUT2D eigenvalue weighted by Crippen LogP contribution is 2.29. The fourth-order valence-corrected chi connectivity index (χ4v) is 5.79. The Bertz CT molecular complexity index is 1620. The van der Waals surface area contributed by atoms with Crippen molar-refractivity contribution < 1.29 is 26.7 Å². The average molecular weight is 608 g/mol. The van der Waals surface area contributed by atoms with Crippen LogP contribution in [0.15, 0.2) is 63.9 Å². The third-order valence-corrected chi connectivity index (χ3v) is 7.78. The zero-order chi connectivity index (χ0) is 29.9. The lowest BCUT2D eigenvalue weighted by atomic mass is 10.1. The molecule has 0 aliphatic carbocycles. The van der Waals surface area contributed by atoms with Crippen LogP contribution in [0, 0.1) is 0 Å². The van der Waals surface area contributed by atoms with Gasteiger partial charge in [-0.25, -0.2) is 8.78 Å². The molecule has 1 fully saturated rings. The van der Waals surface area contributed by atoms with E-state index in [1.165, 1.54) is 11.1 Å². The van der Waals surface area contributed by atoms with Gasteiger partial charge in [-0.3, -0.25) is 23.9 Å². The summed E-state index contributed by atoms with van der Waals surface area (Å²) in [6, 6.07) is 8.91. The predicted molar refractivity (Wildman–Crippen MR) is 149 cm³/mol. The lowest BCUT2D eigenvalue weighted by Gasteiger charge is -2.32. The van der Waals surface area contributed by atoms with Gasteiger partial charge in [-0.1, -0.05) is 17.4 Å². The van der Waals surface area contributed by atoms with Crippen LogP contribution in [0.4, 0.5) is 22.0 Å². The normalized spacial score (nSPS) is 15.5. The smallest absolute Gasteiger partial charge is 0.401 e. The van der Waals surface area contributed by atoms with E-state index in [1.54, 1.807) is 22.9 Å². The van der Waals surface area contributed by atoms with Crippen molar-refractivity contribution in [2.45, 2.75) is 38.0 Å². The monoisotopic (exact) mass is 607 g/mol. The van der Waals surface area contributed by atoms with Crippen molar-refractivity contribution in [3.05, 3.63) is 69.8 Å². The van der Waals surface area contributed by atoms with Crippen molar-refractivity contribution in [3.8, 4) is 11.1 Å². The number of rotatable bonds is 9. The molecule has 0 radical (unpaired) electrons. The summed E-state index contributed by atoms with van der Waals surface area (Å²) in [5.74, 6) is -0.134. The molecule has 9 nitrogen and oxygen atoms in total. The fraction of sp³-hybridized carbons (Fsp3) is 0.370. The molecule has 0 spiro atoms. The summed E-state index contributed by atoms with van der Waals surface area (Å²) in [6.45, 7) is 2.38. The van der Waals surface area contributed by atoms with E-state index in [0.29, 0.717) is 37.2 Å². The molecule has 3 aromatic heterocycles. The number of alkyl halides is 5. The van der Waals surface area contributed by atoms with Crippen molar-refractivity contribution in [2.24, 2.45) is 10.2 Å². The number of benzene rings is 1. The maximum Gasteiger partial charge on any atom is 0.401 e. The van der Waals surface area contributed by atoms with E-state index >= 15 is 0 Å². The summed E-state index contributed by atoms with van der Waals surface area (Å²) >= 11 is 1.10. The third-order valence-electron chi connectivity index (χ3n) is 6.84. The minimum absolute atomic E-state index is 0.0225. The molecule has 0 unspecified atom stereocenters. The fourth-order valence-electron chi connectivity index (χ4n) is 4.86. The second kappa shape index (κ2) is 12.5. The van der Waals surface area contributed by atoms with Gasteiger partial charge in [0.2, 0.25) is 5.90 Å². The van der Waals surface area contributed by atoms with Gasteiger partial charge in [0.25, 0.3) is 6.43 Å². The number of piperidine rings is 1. The molecule has 1 aromatic carbocycles. The second-order valence-electron chi connectivity index (χ2n) is 9.76. The maximum absolute atomic E-state index is 12.9. The summed E-state index contributed by atoms with van der Waals surface area (Å²) < 4.78 is 72.3. The van der Waals surface area contributed by atoms with Crippen LogP contribution in [0.25, 0.3) is 21.3 Å². The number of hydrogen-bond acceptors (Lipinski definition) is 8. The minimum Gasteiger partial charge on any atom is -0.470 e. The molecular weight excluding hydrogens is 581 g/mol. The third kappa shape index (κ3) is 7.07. The van der Waals surface area contributed by atoms with Gasteiger partial charge in [0, 0.05) is 37.8 Å². The van der Waals surface area contributed by atoms with Crippen molar-refractivity contribution in [1.82, 2.24) is 24.2 Å². The molecular formula is C27H26F5N7O2S. The standard InChI is InChI=1S/C27H26F5N7O2S/c1-33-36-25(41-15-24(28)29)18-2-4-20(34-11-18)14-38-22-5-3-17(10-23(22)42-26(38)40)19-12-35-39(13-19)21-6-8-37(9-7-21)16-27(30,31)32/h2-5,10-13,21,24H,1,6-9,14-16H2/b36-25-. The molecule has 222 valence electrons. The first-order chi connectivity index (χ1) is 20.1. The van der Waals surface area contributed by atoms with Crippen molar-refractivity contribution in [1.29, 1.82) is 0 Å². The van der Waals surface area contributed by atoms with Crippen molar-refractivity contribution in [2.75, 3.05) is 26.2 Å². The van der Waals surface area contributed by atoms with Crippen LogP contribution < -0.4 is 4.87 Å². The van der Waals surface area contributed by atoms with Crippen LogP contribution in [0.2, 0.25) is 0 Å². The second-order valence-corrected chi connectivity index (χ2v) is 10.7. The van der Waals surface area contributed by atoms with E-state index in [2.05, 4.69) is 27.0 Å². The molecule has 15 heteroatoms. The highest BCUT2D eigenvalue weighted by atomic mass is 32.1. The first kappa shape index (κ1) is 29.5. The molecule has 0 atom stereocenters. The molecule has 4 aromatic rings. The first-order valence-corrected chi connectivity index (χ1v) is 13.8. The van der Waals surface area contributed by atoms with Gasteiger partial charge in [-0.2, -0.15) is 23.4 Å². The number of aromatic nitrogens is 4. The number of thiazole rings is 1. The van der Waals surface area contributed by atoms with E-state index < -0.39 is 25.8 Å². The van der Waals surface area contributed by atoms with Crippen molar-refractivity contribution in [3.63, 3.8) is 0 Å². The molecule has 5 rings (SSSR count). The molecule has 1 aliphatic rings. The van der Waals surface area contributed by atoms with Crippen LogP contribution in [0.5, 0.6) is 0 Å². The average Bonchev–Trinajstić information content (AvgIpc) is 3.55. The number of halogens is 5. The Morgan fingerprint density at radius 1 is 1.14 bits per heavy atom. The number of ether oxygens (including phenoxy) is 1. The van der Waals surface area contributed by atoms with Gasteiger partial charge in [-0.05, 0) is 42.7 Å². The van der Waals surface area contributed by atoms with Gasteiger partial charge in [-0.15, -0.1) is 5.10 Å². The molecule has 1 aliphatic heterocycles. The Balaban J connectivity index is 1.28. The Labute approximate surface area is 240 Å². The number of fused-ring (bicyclic) bond motifs is 1. The highest BCUT2D eigenvalue weighted by molar-refractivity contribution is 7.16. The van der Waals surface area contributed by atoms with Crippen LogP contribution in [-0.2, 0) is 11.3 Å². The van der Waals surface area contributed by atoms with Gasteiger partial charge < -0.3 is 4.74 Å². The molecule has 1 saturated heterocycles. The van der Waals surface area contributed by atoms with Crippen molar-refractivity contribution >= 4 is 34.2 Å². The largest absolute Gasteiger partial charge is 0.470 e. The first-order valence-electron chi connectivity index (χ1n) is 13.0. The lowest BCUT2D eigenvalue weighted by molar-refractivity contribution is -0.148. The molecule has 0 amide bonds. The van der Waals surface area contributed by atoms with Crippen LogP contribution in [-0.4, -0.2) is 75.7 Å². The Hall–Kier alpha value is -3.98. The van der Waals surface area contributed by atoms with E-state index in [9.17, 15) is 26.7 Å². The maximum atomic E-state index is 12.9. The number of pyridine rings is 1. The summed E-state index contributed by atoms with van der Waals surface area (Å²) in [5.41, 5.74) is 3.34. The van der Waals surface area contributed by atoms with Gasteiger partial charge in [0.15, 0.2) is 6.61 Å². The van der Waals surface area contributed by atoms with Crippen LogP contribution in [0.3, 0.4) is 0 Å². The Morgan fingerprint density at radius 2 is 1.93 bits per heavy atom. The Morgan fingerprint density at radius 3 is 2.60 bits per heavy atom. The predicted octanol–water partition coefficient (Wildman–Crippen LogP) is 5.21. The van der Waals surface area contributed by atoms with E-state index in [0.717, 1.165) is 32.7 Å². The van der Waals surface area contributed by atoms with E-state index in [-0.39, 0.29) is 23.4 Å². The quantitative estimate of drug-likeness (QED) is 0.113. The Kier molecular flexibility index (Phi) is 8.77. The highest BCUT2D eigenvalue weighted by Gasteiger charge is 2.33.